The van der Waals surface area contributed by atoms with Gasteiger partial charge in [-0.25, -0.2) is 18.2 Å². The number of rotatable bonds is 7. The molecule has 16 heteroatoms. The van der Waals surface area contributed by atoms with Crippen molar-refractivity contribution in [3.63, 3.8) is 0 Å². The van der Waals surface area contributed by atoms with E-state index in [1.54, 1.807) is 6.20 Å². The van der Waals surface area contributed by atoms with Gasteiger partial charge in [-0.2, -0.15) is 0 Å². The molecule has 0 bridgehead atoms. The van der Waals surface area contributed by atoms with Gasteiger partial charge in [-0.1, -0.05) is 32.4 Å². The third-order valence-corrected chi connectivity index (χ3v) is 13.3. The van der Waals surface area contributed by atoms with Gasteiger partial charge in [0.05, 0.1) is 24.0 Å². The number of carbonyl (C=O) groups excluding carboxylic acids is 3. The van der Waals surface area contributed by atoms with Crippen LogP contribution in [0.15, 0.2) is 36.5 Å². The third-order valence-electron chi connectivity index (χ3n) is 11.5. The molecule has 3 fully saturated rings. The lowest BCUT2D eigenvalue weighted by Gasteiger charge is -2.33. The van der Waals surface area contributed by atoms with Crippen LogP contribution < -0.4 is 29.7 Å². The predicted octanol–water partition coefficient (Wildman–Crippen LogP) is 2.93. The first kappa shape index (κ1) is 36.7. The third kappa shape index (κ3) is 7.34. The van der Waals surface area contributed by atoms with Crippen molar-refractivity contribution >= 4 is 50.3 Å². The van der Waals surface area contributed by atoms with Crippen molar-refractivity contribution in [1.82, 2.24) is 25.2 Å². The highest BCUT2D eigenvalue weighted by molar-refractivity contribution is 7.91. The van der Waals surface area contributed by atoms with E-state index in [1.807, 2.05) is 44.3 Å². The summed E-state index contributed by atoms with van der Waals surface area (Å²) in [6.45, 7) is 5.17. The molecule has 1 aromatic heterocycles. The van der Waals surface area contributed by atoms with Gasteiger partial charge in [0.25, 0.3) is 5.91 Å². The van der Waals surface area contributed by atoms with Crippen LogP contribution in [-0.2, 0) is 24.4 Å². The summed E-state index contributed by atoms with van der Waals surface area (Å²) >= 11 is 0. The zero-order chi connectivity index (χ0) is 37.7. The van der Waals surface area contributed by atoms with Gasteiger partial charge in [0.2, 0.25) is 27.7 Å². The number of fused-ring (bicyclic) bond motifs is 5. The number of anilines is 1. The van der Waals surface area contributed by atoms with Gasteiger partial charge in [-0.3, -0.25) is 19.1 Å². The second-order valence-corrected chi connectivity index (χ2v) is 17.2. The molecule has 3 aliphatic heterocycles. The zero-order valence-electron chi connectivity index (χ0n) is 30.2. The summed E-state index contributed by atoms with van der Waals surface area (Å²) in [5.74, 6) is -1.69. The Morgan fingerprint density at radius 2 is 1.94 bits per heavy atom. The van der Waals surface area contributed by atoms with E-state index in [0.29, 0.717) is 49.8 Å². The van der Waals surface area contributed by atoms with Crippen molar-refractivity contribution in [3.05, 3.63) is 36.5 Å². The molecule has 2 aromatic rings. The van der Waals surface area contributed by atoms with Crippen LogP contribution in [0.3, 0.4) is 0 Å². The molecule has 2 aliphatic carbocycles. The van der Waals surface area contributed by atoms with Crippen LogP contribution in [0.1, 0.15) is 65.2 Å². The number of hydrogen-bond donors (Lipinski definition) is 4. The van der Waals surface area contributed by atoms with Gasteiger partial charge in [0.15, 0.2) is 5.75 Å². The number of sulfonamides is 1. The molecular formula is C37H48N6O9S. The molecule has 15 nitrogen and oxygen atoms in total. The maximum atomic E-state index is 14.6. The molecule has 7 atom stereocenters. The van der Waals surface area contributed by atoms with Crippen LogP contribution in [0.5, 0.6) is 11.6 Å². The van der Waals surface area contributed by atoms with E-state index < -0.39 is 68.7 Å². The number of aromatic nitrogens is 1. The molecule has 5 aliphatic rings. The minimum atomic E-state index is -3.90. The second kappa shape index (κ2) is 14.3. The quantitative estimate of drug-likeness (QED) is 0.304. The molecule has 0 spiro atoms. The van der Waals surface area contributed by atoms with Gasteiger partial charge in [0.1, 0.15) is 30.3 Å². The minimum Gasteiger partial charge on any atom is -0.489 e. The summed E-state index contributed by atoms with van der Waals surface area (Å²) in [6, 6.07) is 3.38. The number of allylic oxidation sites excluding steroid dienone is 1. The summed E-state index contributed by atoms with van der Waals surface area (Å²) in [6.07, 6.45) is 6.97. The first-order valence-electron chi connectivity index (χ1n) is 18.6. The van der Waals surface area contributed by atoms with Crippen LogP contribution >= 0.6 is 0 Å². The Hall–Kier alpha value is -4.60. The SMILES string of the molecule is CC[C@@H]1C[C@@H](C)CCC=C[C@@H]2C[C@@]2(C(=O)NS(=O)(=O)C2CC2)NC(=O)[C@@H]2C[C@@H](Oc3nccc4c5c(ccc34)N(C)CCO5)CN2C(=O)[C@H]1NC(=O)O. The van der Waals surface area contributed by atoms with Gasteiger partial charge in [-0.15, -0.1) is 0 Å². The standard InChI is InChI=1S/C37H48N6O9S/c1-4-22-17-21(2)7-5-6-8-23-19-37(23,35(46)41-53(49,50)25-9-10-25)40-32(44)29-18-24(20-43(29)34(45)30(22)39-36(47)48)52-33-27-11-12-28-31(26(27)13-14-38-33)51-16-15-42(28)3/h6,8,11-14,21-25,29-30,39H,4-5,7,9-10,15-20H2,1-3H3,(H,40,44)(H,41,46)(H,47,48)/t21-,22+,23+,24+,29-,30-,37+/m0/s1. The number of hydrogen-bond acceptors (Lipinski definition) is 10. The van der Waals surface area contributed by atoms with Crippen LogP contribution in [0.4, 0.5) is 10.5 Å². The maximum Gasteiger partial charge on any atom is 0.405 e. The van der Waals surface area contributed by atoms with Crippen molar-refractivity contribution in [2.75, 3.05) is 31.6 Å². The number of ether oxygens (including phenoxy) is 2. The van der Waals surface area contributed by atoms with E-state index in [2.05, 4.69) is 32.2 Å². The minimum absolute atomic E-state index is 0.0192. The number of amides is 4. The topological polar surface area (TPSA) is 197 Å². The highest BCUT2D eigenvalue weighted by atomic mass is 32.2. The molecule has 1 saturated heterocycles. The van der Waals surface area contributed by atoms with Crippen molar-refractivity contribution < 1.29 is 42.2 Å². The molecule has 53 heavy (non-hydrogen) atoms. The van der Waals surface area contributed by atoms with E-state index in [4.69, 9.17) is 9.47 Å². The average molecular weight is 753 g/mol. The molecule has 1 aromatic carbocycles. The Labute approximate surface area is 308 Å². The van der Waals surface area contributed by atoms with Crippen molar-refractivity contribution in [3.8, 4) is 11.6 Å². The van der Waals surface area contributed by atoms with E-state index in [-0.39, 0.29) is 37.1 Å². The number of nitrogens with zero attached hydrogens (tertiary/aromatic N) is 3. The Morgan fingerprint density at radius 1 is 1.15 bits per heavy atom. The fourth-order valence-corrected chi connectivity index (χ4v) is 9.51. The summed E-state index contributed by atoms with van der Waals surface area (Å²) in [7, 11) is -1.91. The Kier molecular flexibility index (Phi) is 9.93. The molecule has 286 valence electrons. The number of nitrogens with one attached hydrogen (secondary N) is 3. The normalized spacial score (nSPS) is 30.5. The molecule has 4 heterocycles. The van der Waals surface area contributed by atoms with Crippen LogP contribution in [-0.4, -0.2) is 103 Å². The largest absolute Gasteiger partial charge is 0.489 e. The highest BCUT2D eigenvalue weighted by Gasteiger charge is 2.62. The lowest BCUT2D eigenvalue weighted by atomic mass is 9.85. The fraction of sp³-hybridized carbons (Fsp3) is 0.595. The molecule has 0 unspecified atom stereocenters. The van der Waals surface area contributed by atoms with E-state index in [1.165, 1.54) is 4.90 Å². The van der Waals surface area contributed by atoms with Crippen LogP contribution in [0, 0.1) is 17.8 Å². The molecule has 4 N–H and O–H groups in total. The zero-order valence-corrected chi connectivity index (χ0v) is 31.1. The van der Waals surface area contributed by atoms with E-state index in [0.717, 1.165) is 24.0 Å². The lowest BCUT2D eigenvalue weighted by Crippen LogP contribution is -2.59. The summed E-state index contributed by atoms with van der Waals surface area (Å²) in [5, 5.41) is 16.0. The van der Waals surface area contributed by atoms with E-state index >= 15 is 0 Å². The van der Waals surface area contributed by atoms with Crippen molar-refractivity contribution in [1.29, 1.82) is 0 Å². The van der Waals surface area contributed by atoms with Crippen molar-refractivity contribution in [2.45, 2.75) is 94.2 Å². The maximum absolute atomic E-state index is 14.6. The van der Waals surface area contributed by atoms with Crippen molar-refractivity contribution in [2.24, 2.45) is 17.8 Å². The Bertz CT molecular complexity index is 1940. The monoisotopic (exact) mass is 752 g/mol. The number of benzene rings is 1. The summed E-state index contributed by atoms with van der Waals surface area (Å²) < 4.78 is 40.4. The predicted molar refractivity (Wildman–Crippen MR) is 195 cm³/mol. The second-order valence-electron chi connectivity index (χ2n) is 15.3. The lowest BCUT2D eigenvalue weighted by molar-refractivity contribution is -0.142. The van der Waals surface area contributed by atoms with E-state index in [9.17, 15) is 32.7 Å². The molecule has 0 radical (unpaired) electrons. The number of likely N-dealkylation sites (N-methyl/N-ethyl adjacent to an activating group) is 1. The smallest absolute Gasteiger partial charge is 0.405 e. The van der Waals surface area contributed by atoms with Crippen LogP contribution in [0.2, 0.25) is 0 Å². The number of pyridine rings is 1. The average Bonchev–Trinajstić information content (AvgIpc) is 4.05. The van der Waals surface area contributed by atoms with Gasteiger partial charge in [-0.05, 0) is 68.6 Å². The number of carbonyl (C=O) groups is 4. The molecule has 2 saturated carbocycles. The first-order chi connectivity index (χ1) is 25.3. The molecular weight excluding hydrogens is 705 g/mol. The van der Waals surface area contributed by atoms with Gasteiger partial charge < -0.3 is 35.0 Å². The van der Waals surface area contributed by atoms with Gasteiger partial charge >= 0.3 is 6.09 Å². The number of carboxylic acid groups (broad SMARTS) is 1. The first-order valence-corrected chi connectivity index (χ1v) is 20.1. The fourth-order valence-electron chi connectivity index (χ4n) is 8.15. The van der Waals surface area contributed by atoms with Crippen LogP contribution in [0.25, 0.3) is 10.8 Å². The molecule has 7 rings (SSSR count). The Morgan fingerprint density at radius 3 is 2.68 bits per heavy atom. The summed E-state index contributed by atoms with van der Waals surface area (Å²) in [5.41, 5.74) is -0.592. The van der Waals surface area contributed by atoms with Gasteiger partial charge in [0, 0.05) is 36.4 Å². The Balaban J connectivity index is 1.22. The summed E-state index contributed by atoms with van der Waals surface area (Å²) in [4.78, 5) is 62.7. The highest BCUT2D eigenvalue weighted by Crippen LogP contribution is 2.46. The molecule has 4 amide bonds.